The van der Waals surface area contributed by atoms with Crippen molar-refractivity contribution in [3.63, 3.8) is 0 Å². The van der Waals surface area contributed by atoms with Gasteiger partial charge in [-0.25, -0.2) is 18.7 Å². The summed E-state index contributed by atoms with van der Waals surface area (Å²) in [6.45, 7) is -0.337. The molecule has 0 radical (unpaired) electrons. The van der Waals surface area contributed by atoms with Gasteiger partial charge in [0.2, 0.25) is 10.0 Å². The molecule has 13 heteroatoms. The summed E-state index contributed by atoms with van der Waals surface area (Å²) in [5.74, 6) is -0.0697. The first-order valence-electron chi connectivity index (χ1n) is 9.88. The lowest BCUT2D eigenvalue weighted by atomic mass is 10.2. The van der Waals surface area contributed by atoms with Gasteiger partial charge in [0.15, 0.2) is 0 Å². The zero-order chi connectivity index (χ0) is 24.9. The predicted molar refractivity (Wildman–Crippen MR) is 123 cm³/mol. The van der Waals surface area contributed by atoms with Crippen molar-refractivity contribution in [3.8, 4) is 11.5 Å². The molecular weight excluding hydrogens is 488 g/mol. The number of H-pyrrole nitrogens is 1. The summed E-state index contributed by atoms with van der Waals surface area (Å²) in [5.41, 5.74) is -0.160. The highest BCUT2D eigenvalue weighted by Gasteiger charge is 2.33. The number of nitrogens with zero attached hydrogens (tertiary/aromatic N) is 2. The van der Waals surface area contributed by atoms with Crippen LogP contribution in [0.3, 0.4) is 0 Å². The minimum atomic E-state index is -4.21. The third-order valence-electron chi connectivity index (χ3n) is 4.97. The SMILES string of the molecule is CN(C(CCn1c(=O)[nH]cc(Cl)c1=O)C(=O)NO)S(=O)(=O)c1ccc(Oc2ccccc2)cc1. The maximum atomic E-state index is 13.1. The first-order valence-corrected chi connectivity index (χ1v) is 11.7. The summed E-state index contributed by atoms with van der Waals surface area (Å²) in [6.07, 6.45) is 0.725. The second-order valence-electron chi connectivity index (χ2n) is 7.09. The third kappa shape index (κ3) is 5.54. The van der Waals surface area contributed by atoms with Gasteiger partial charge in [0.25, 0.3) is 11.5 Å². The molecule has 11 nitrogen and oxygen atoms in total. The van der Waals surface area contributed by atoms with E-state index in [2.05, 4.69) is 4.98 Å². The Balaban J connectivity index is 1.82. The van der Waals surface area contributed by atoms with Crippen LogP contribution >= 0.6 is 11.6 Å². The van der Waals surface area contributed by atoms with Crippen LogP contribution in [0.5, 0.6) is 11.5 Å². The molecule has 0 saturated carbocycles. The van der Waals surface area contributed by atoms with Crippen molar-refractivity contribution in [2.45, 2.75) is 23.9 Å². The molecule has 0 spiro atoms. The number of para-hydroxylation sites is 1. The Morgan fingerprint density at radius 2 is 1.76 bits per heavy atom. The van der Waals surface area contributed by atoms with Crippen LogP contribution in [0.2, 0.25) is 5.02 Å². The van der Waals surface area contributed by atoms with E-state index in [1.54, 1.807) is 24.3 Å². The van der Waals surface area contributed by atoms with Crippen LogP contribution in [0.15, 0.2) is 75.3 Å². The van der Waals surface area contributed by atoms with Crippen molar-refractivity contribution < 1.29 is 23.2 Å². The first kappa shape index (κ1) is 25.2. The molecule has 1 heterocycles. The summed E-state index contributed by atoms with van der Waals surface area (Å²) in [6, 6.07) is 13.0. The Hall–Kier alpha value is -3.45. The van der Waals surface area contributed by atoms with Crippen LogP contribution in [-0.2, 0) is 21.4 Å². The fourth-order valence-corrected chi connectivity index (χ4v) is 4.64. The van der Waals surface area contributed by atoms with Gasteiger partial charge in [-0.2, -0.15) is 4.31 Å². The molecule has 0 aliphatic carbocycles. The Morgan fingerprint density at radius 3 is 2.38 bits per heavy atom. The number of ether oxygens (including phenoxy) is 1. The van der Waals surface area contributed by atoms with Gasteiger partial charge in [0.05, 0.1) is 4.90 Å². The van der Waals surface area contributed by atoms with Crippen molar-refractivity contribution in [1.29, 1.82) is 0 Å². The molecule has 1 amide bonds. The number of amides is 1. The molecule has 3 N–H and O–H groups in total. The number of hydrogen-bond acceptors (Lipinski definition) is 7. The van der Waals surface area contributed by atoms with E-state index >= 15 is 0 Å². The van der Waals surface area contributed by atoms with Gasteiger partial charge in [0, 0.05) is 19.8 Å². The number of carbonyl (C=O) groups is 1. The third-order valence-corrected chi connectivity index (χ3v) is 7.13. The summed E-state index contributed by atoms with van der Waals surface area (Å²) < 4.78 is 33.4. The van der Waals surface area contributed by atoms with Gasteiger partial charge in [-0.1, -0.05) is 29.8 Å². The van der Waals surface area contributed by atoms with E-state index in [1.807, 2.05) is 6.07 Å². The molecule has 0 aliphatic rings. The molecule has 0 saturated heterocycles. The van der Waals surface area contributed by atoms with E-state index in [1.165, 1.54) is 29.7 Å². The average Bonchev–Trinajstić information content (AvgIpc) is 2.84. The molecule has 0 bridgehead atoms. The summed E-state index contributed by atoms with van der Waals surface area (Å²) in [4.78, 5) is 38.5. The Kier molecular flexibility index (Phi) is 7.89. The second-order valence-corrected chi connectivity index (χ2v) is 9.49. The van der Waals surface area contributed by atoms with Gasteiger partial charge in [-0.3, -0.25) is 19.4 Å². The zero-order valence-corrected chi connectivity index (χ0v) is 19.4. The highest BCUT2D eigenvalue weighted by molar-refractivity contribution is 7.89. The smallest absolute Gasteiger partial charge is 0.328 e. The van der Waals surface area contributed by atoms with Gasteiger partial charge in [-0.15, -0.1) is 0 Å². The van der Waals surface area contributed by atoms with E-state index in [9.17, 15) is 22.8 Å². The van der Waals surface area contributed by atoms with Crippen LogP contribution in [-0.4, -0.2) is 46.5 Å². The van der Waals surface area contributed by atoms with E-state index in [0.717, 1.165) is 22.1 Å². The van der Waals surface area contributed by atoms with E-state index in [4.69, 9.17) is 21.5 Å². The molecule has 3 aromatic rings. The van der Waals surface area contributed by atoms with Crippen LogP contribution < -0.4 is 21.5 Å². The molecule has 180 valence electrons. The van der Waals surface area contributed by atoms with Crippen molar-refractivity contribution in [2.24, 2.45) is 0 Å². The van der Waals surface area contributed by atoms with Crippen molar-refractivity contribution in [1.82, 2.24) is 19.3 Å². The summed E-state index contributed by atoms with van der Waals surface area (Å²) >= 11 is 5.73. The van der Waals surface area contributed by atoms with Gasteiger partial charge >= 0.3 is 5.69 Å². The summed E-state index contributed by atoms with van der Waals surface area (Å²) in [7, 11) is -3.06. The maximum Gasteiger partial charge on any atom is 0.328 e. The van der Waals surface area contributed by atoms with Crippen molar-refractivity contribution in [3.05, 3.63) is 86.7 Å². The topological polar surface area (TPSA) is 151 Å². The molecule has 1 unspecified atom stereocenters. The van der Waals surface area contributed by atoms with Crippen molar-refractivity contribution in [2.75, 3.05) is 7.05 Å². The average molecular weight is 509 g/mol. The Morgan fingerprint density at radius 1 is 1.15 bits per heavy atom. The Bertz CT molecular complexity index is 1370. The number of likely N-dealkylation sites (N-methyl/N-ethyl adjacent to an activating group) is 1. The van der Waals surface area contributed by atoms with Crippen LogP contribution in [0.4, 0.5) is 0 Å². The van der Waals surface area contributed by atoms with Crippen LogP contribution in [0.25, 0.3) is 0 Å². The lowest BCUT2D eigenvalue weighted by Gasteiger charge is -2.26. The zero-order valence-electron chi connectivity index (χ0n) is 17.8. The lowest BCUT2D eigenvalue weighted by molar-refractivity contribution is -0.133. The number of hydrogen-bond donors (Lipinski definition) is 3. The highest BCUT2D eigenvalue weighted by atomic mass is 35.5. The maximum absolute atomic E-state index is 13.1. The largest absolute Gasteiger partial charge is 0.457 e. The number of carbonyl (C=O) groups excluding carboxylic acids is 1. The number of nitrogens with one attached hydrogen (secondary N) is 2. The normalized spacial score (nSPS) is 12.4. The summed E-state index contributed by atoms with van der Waals surface area (Å²) in [5, 5.41) is 8.87. The number of aromatic amines is 1. The minimum absolute atomic E-state index is 0.135. The molecule has 3 rings (SSSR count). The van der Waals surface area contributed by atoms with E-state index in [0.29, 0.717) is 11.5 Å². The van der Waals surface area contributed by atoms with Crippen molar-refractivity contribution >= 4 is 27.5 Å². The molecule has 1 atom stereocenters. The van der Waals surface area contributed by atoms with Gasteiger partial charge in [-0.05, 0) is 42.8 Å². The second kappa shape index (κ2) is 10.7. The van der Waals surface area contributed by atoms with Gasteiger partial charge in [0.1, 0.15) is 22.6 Å². The number of aromatic nitrogens is 2. The standard InChI is InChI=1S/C21H21ClN4O7S/c1-25(18(19(27)24-30)11-12-26-20(28)17(22)13-23-21(26)29)34(31,32)16-9-7-15(8-10-16)33-14-5-3-2-4-6-14/h2-10,13,18,30H,11-12H2,1H3,(H,23,29)(H,24,27). The van der Waals surface area contributed by atoms with Gasteiger partial charge < -0.3 is 9.72 Å². The number of hydroxylamine groups is 1. The molecule has 0 fully saturated rings. The lowest BCUT2D eigenvalue weighted by Crippen LogP contribution is -2.48. The van der Waals surface area contributed by atoms with Crippen LogP contribution in [0.1, 0.15) is 6.42 Å². The molecular formula is C21H21ClN4O7S. The monoisotopic (exact) mass is 508 g/mol. The highest BCUT2D eigenvalue weighted by Crippen LogP contribution is 2.25. The fourth-order valence-electron chi connectivity index (χ4n) is 3.13. The quantitative estimate of drug-likeness (QED) is 0.293. The minimum Gasteiger partial charge on any atom is -0.457 e. The number of benzene rings is 2. The number of rotatable bonds is 9. The molecule has 1 aromatic heterocycles. The molecule has 2 aromatic carbocycles. The van der Waals surface area contributed by atoms with E-state index in [-0.39, 0.29) is 22.9 Å². The number of sulfonamides is 1. The van der Waals surface area contributed by atoms with E-state index < -0.39 is 33.2 Å². The Labute approximate surface area is 199 Å². The number of halogens is 1. The fraction of sp³-hybridized carbons (Fsp3) is 0.190. The molecule has 34 heavy (non-hydrogen) atoms. The van der Waals surface area contributed by atoms with Crippen LogP contribution in [0, 0.1) is 0 Å². The molecule has 0 aliphatic heterocycles. The first-order chi connectivity index (χ1) is 16.1. The predicted octanol–water partition coefficient (Wildman–Crippen LogP) is 1.57.